The molecule has 0 aliphatic carbocycles. The quantitative estimate of drug-likeness (QED) is 0.870. The number of aliphatic hydroxyl groups is 2. The summed E-state index contributed by atoms with van der Waals surface area (Å²) in [4.78, 5) is 2.12. The normalized spacial score (nSPS) is 24.3. The Bertz CT molecular complexity index is 493. The van der Waals surface area contributed by atoms with E-state index in [-0.39, 0.29) is 12.6 Å². The zero-order valence-electron chi connectivity index (χ0n) is 11.4. The average molecular weight is 260 g/mol. The van der Waals surface area contributed by atoms with E-state index < -0.39 is 6.10 Å². The molecule has 1 aliphatic rings. The molecule has 1 fully saturated rings. The molecule has 102 valence electrons. The summed E-state index contributed by atoms with van der Waals surface area (Å²) in [6.45, 7) is 4.79. The molecule has 1 heterocycles. The fraction of sp³-hybridized carbons (Fsp3) is 0.533. The van der Waals surface area contributed by atoms with Gasteiger partial charge in [-0.25, -0.2) is 0 Å². The lowest BCUT2D eigenvalue weighted by molar-refractivity contribution is 0.199. The number of nitrogens with zero attached hydrogens (tertiary/aromatic N) is 2. The van der Waals surface area contributed by atoms with Gasteiger partial charge in [0.1, 0.15) is 0 Å². The molecule has 1 saturated heterocycles. The summed E-state index contributed by atoms with van der Waals surface area (Å²) in [5, 5.41) is 28.5. The molecule has 0 radical (unpaired) electrons. The van der Waals surface area contributed by atoms with Gasteiger partial charge in [-0.15, -0.1) is 0 Å². The molecular formula is C15H20N2O2. The zero-order valence-corrected chi connectivity index (χ0v) is 11.4. The van der Waals surface area contributed by atoms with E-state index >= 15 is 0 Å². The lowest BCUT2D eigenvalue weighted by Crippen LogP contribution is -2.36. The summed E-state index contributed by atoms with van der Waals surface area (Å²) in [6, 6.07) is 7.52. The van der Waals surface area contributed by atoms with Crippen LogP contribution in [0.4, 0.5) is 5.69 Å². The molecule has 2 rings (SSSR count). The second-order valence-corrected chi connectivity index (χ2v) is 5.27. The molecular weight excluding hydrogens is 240 g/mol. The molecule has 1 aromatic rings. The highest BCUT2D eigenvalue weighted by Gasteiger charge is 2.32. The second-order valence-electron chi connectivity index (χ2n) is 5.27. The summed E-state index contributed by atoms with van der Waals surface area (Å²) in [5.74, 6) is 0.414. The molecule has 4 heteroatoms. The monoisotopic (exact) mass is 260 g/mol. The highest BCUT2D eigenvalue weighted by molar-refractivity contribution is 5.60. The van der Waals surface area contributed by atoms with Crippen molar-refractivity contribution in [2.24, 2.45) is 5.92 Å². The van der Waals surface area contributed by atoms with Crippen LogP contribution in [0, 0.1) is 17.2 Å². The van der Waals surface area contributed by atoms with Crippen LogP contribution in [0.1, 0.15) is 37.5 Å². The first-order chi connectivity index (χ1) is 9.08. The molecule has 3 atom stereocenters. The highest BCUT2D eigenvalue weighted by Crippen LogP contribution is 2.34. The van der Waals surface area contributed by atoms with Crippen molar-refractivity contribution in [3.8, 4) is 6.07 Å². The summed E-state index contributed by atoms with van der Waals surface area (Å²) in [7, 11) is 0. The van der Waals surface area contributed by atoms with Gasteiger partial charge in [-0.3, -0.25) is 0 Å². The molecule has 0 amide bonds. The van der Waals surface area contributed by atoms with E-state index in [1.807, 2.05) is 6.07 Å². The van der Waals surface area contributed by atoms with Crippen molar-refractivity contribution in [2.45, 2.75) is 32.4 Å². The van der Waals surface area contributed by atoms with Crippen LogP contribution >= 0.6 is 0 Å². The van der Waals surface area contributed by atoms with Gasteiger partial charge >= 0.3 is 0 Å². The molecule has 0 bridgehead atoms. The van der Waals surface area contributed by atoms with Crippen LogP contribution in [0.15, 0.2) is 18.2 Å². The van der Waals surface area contributed by atoms with Gasteiger partial charge in [-0.2, -0.15) is 5.26 Å². The number of anilines is 1. The van der Waals surface area contributed by atoms with Crippen LogP contribution < -0.4 is 4.90 Å². The SMILES string of the molecule is CC1CCN(c2cc(C#N)ccc2[C@H](C)O)C1CO. The molecule has 19 heavy (non-hydrogen) atoms. The van der Waals surface area contributed by atoms with Gasteiger partial charge in [0, 0.05) is 17.8 Å². The van der Waals surface area contributed by atoms with Crippen molar-refractivity contribution in [3.05, 3.63) is 29.3 Å². The second kappa shape index (κ2) is 5.60. The van der Waals surface area contributed by atoms with Gasteiger partial charge < -0.3 is 15.1 Å². The van der Waals surface area contributed by atoms with Crippen molar-refractivity contribution in [3.63, 3.8) is 0 Å². The van der Waals surface area contributed by atoms with E-state index in [1.54, 1.807) is 19.1 Å². The zero-order chi connectivity index (χ0) is 14.0. The number of hydrogen-bond acceptors (Lipinski definition) is 4. The minimum absolute atomic E-state index is 0.0615. The van der Waals surface area contributed by atoms with Gasteiger partial charge in [0.25, 0.3) is 0 Å². The number of benzene rings is 1. The number of rotatable bonds is 3. The Morgan fingerprint density at radius 2 is 2.26 bits per heavy atom. The molecule has 2 N–H and O–H groups in total. The van der Waals surface area contributed by atoms with Crippen LogP contribution in [0.25, 0.3) is 0 Å². The summed E-state index contributed by atoms with van der Waals surface area (Å²) < 4.78 is 0. The fourth-order valence-electron chi connectivity index (χ4n) is 2.80. The maximum atomic E-state index is 9.88. The van der Waals surface area contributed by atoms with Gasteiger partial charge in [0.15, 0.2) is 0 Å². The Hall–Kier alpha value is -1.57. The molecule has 0 aromatic heterocycles. The number of aliphatic hydroxyl groups excluding tert-OH is 2. The Morgan fingerprint density at radius 1 is 1.53 bits per heavy atom. The lowest BCUT2D eigenvalue weighted by Gasteiger charge is -2.30. The van der Waals surface area contributed by atoms with Gasteiger partial charge in [0.05, 0.1) is 30.4 Å². The minimum atomic E-state index is -0.585. The third kappa shape index (κ3) is 2.58. The van der Waals surface area contributed by atoms with Crippen molar-refractivity contribution in [2.75, 3.05) is 18.1 Å². The maximum Gasteiger partial charge on any atom is 0.0992 e. The predicted octanol–water partition coefficient (Wildman–Crippen LogP) is 1.82. The molecule has 0 saturated carbocycles. The molecule has 2 unspecified atom stereocenters. The standard InChI is InChI=1S/C15H20N2O2/c1-10-5-6-17(15(10)9-18)14-7-12(8-16)3-4-13(14)11(2)19/h3-4,7,10-11,15,18-19H,5-6,9H2,1-2H3/t10?,11-,15?/m0/s1. The summed E-state index contributed by atoms with van der Waals surface area (Å²) in [5.41, 5.74) is 2.26. The van der Waals surface area contributed by atoms with E-state index in [0.717, 1.165) is 24.2 Å². The molecule has 4 nitrogen and oxygen atoms in total. The first kappa shape index (κ1) is 13.9. The van der Waals surface area contributed by atoms with Crippen LogP contribution in [0.5, 0.6) is 0 Å². The van der Waals surface area contributed by atoms with Crippen molar-refractivity contribution < 1.29 is 10.2 Å². The van der Waals surface area contributed by atoms with Gasteiger partial charge in [-0.05, 0) is 31.4 Å². The van der Waals surface area contributed by atoms with Crippen molar-refractivity contribution in [1.82, 2.24) is 0 Å². The molecule has 1 aliphatic heterocycles. The average Bonchev–Trinajstić information content (AvgIpc) is 2.78. The molecule has 1 aromatic carbocycles. The lowest BCUT2D eigenvalue weighted by atomic mass is 10.0. The Kier molecular flexibility index (Phi) is 4.08. The molecule has 0 spiro atoms. The van der Waals surface area contributed by atoms with E-state index in [1.165, 1.54) is 0 Å². The number of hydrogen-bond donors (Lipinski definition) is 2. The third-order valence-corrected chi connectivity index (χ3v) is 3.99. The van der Waals surface area contributed by atoms with Crippen LogP contribution in [0.3, 0.4) is 0 Å². The summed E-state index contributed by atoms with van der Waals surface area (Å²) >= 11 is 0. The van der Waals surface area contributed by atoms with E-state index in [2.05, 4.69) is 17.9 Å². The predicted molar refractivity (Wildman–Crippen MR) is 73.8 cm³/mol. The van der Waals surface area contributed by atoms with E-state index in [0.29, 0.717) is 11.5 Å². The van der Waals surface area contributed by atoms with Crippen LogP contribution in [-0.2, 0) is 0 Å². The minimum Gasteiger partial charge on any atom is -0.394 e. The summed E-state index contributed by atoms with van der Waals surface area (Å²) in [6.07, 6.45) is 0.430. The largest absolute Gasteiger partial charge is 0.394 e. The van der Waals surface area contributed by atoms with Crippen molar-refractivity contribution in [1.29, 1.82) is 5.26 Å². The third-order valence-electron chi connectivity index (χ3n) is 3.99. The smallest absolute Gasteiger partial charge is 0.0992 e. The van der Waals surface area contributed by atoms with E-state index in [4.69, 9.17) is 5.26 Å². The Labute approximate surface area is 113 Å². The van der Waals surface area contributed by atoms with Crippen LogP contribution in [0.2, 0.25) is 0 Å². The van der Waals surface area contributed by atoms with E-state index in [9.17, 15) is 10.2 Å². The van der Waals surface area contributed by atoms with Crippen molar-refractivity contribution >= 4 is 5.69 Å². The fourth-order valence-corrected chi connectivity index (χ4v) is 2.80. The number of nitriles is 1. The first-order valence-corrected chi connectivity index (χ1v) is 6.68. The van der Waals surface area contributed by atoms with Crippen LogP contribution in [-0.4, -0.2) is 29.4 Å². The first-order valence-electron chi connectivity index (χ1n) is 6.68. The van der Waals surface area contributed by atoms with Gasteiger partial charge in [-0.1, -0.05) is 13.0 Å². The topological polar surface area (TPSA) is 67.5 Å². The highest BCUT2D eigenvalue weighted by atomic mass is 16.3. The Balaban J connectivity index is 2.45. The Morgan fingerprint density at radius 3 is 2.84 bits per heavy atom. The maximum absolute atomic E-state index is 9.88. The van der Waals surface area contributed by atoms with Gasteiger partial charge in [0.2, 0.25) is 0 Å².